The molecule has 3 nitrogen and oxygen atoms in total. The van der Waals surface area contributed by atoms with Crippen LogP contribution in [-0.4, -0.2) is 15.8 Å². The van der Waals surface area contributed by atoms with Crippen LogP contribution in [0.4, 0.5) is 0 Å². The van der Waals surface area contributed by atoms with Gasteiger partial charge >= 0.3 is 0 Å². The van der Waals surface area contributed by atoms with Gasteiger partial charge in [-0.2, -0.15) is 0 Å². The maximum absolute atomic E-state index is 12.9. The highest BCUT2D eigenvalue weighted by Gasteiger charge is 2.14. The average Bonchev–Trinajstić information content (AvgIpc) is 2.49. The van der Waals surface area contributed by atoms with Crippen LogP contribution in [0.15, 0.2) is 61.4 Å². The summed E-state index contributed by atoms with van der Waals surface area (Å²) in [4.78, 5) is 17.5. The molecular formula is C15H10Br2N2OS. The van der Waals surface area contributed by atoms with Crippen molar-refractivity contribution in [1.82, 2.24) is 9.55 Å². The molecule has 1 aromatic heterocycles. The molecule has 0 unspecified atom stereocenters. The van der Waals surface area contributed by atoms with Crippen LogP contribution in [0.2, 0.25) is 0 Å². The molecule has 0 bridgehead atoms. The molecule has 0 spiro atoms. The van der Waals surface area contributed by atoms with Crippen molar-refractivity contribution in [3.63, 3.8) is 0 Å². The number of para-hydroxylation sites is 1. The number of hydrogen-bond acceptors (Lipinski definition) is 3. The molecule has 3 aromatic rings. The Morgan fingerprint density at radius 3 is 2.62 bits per heavy atom. The molecule has 0 aliphatic heterocycles. The van der Waals surface area contributed by atoms with Crippen LogP contribution < -0.4 is 5.56 Å². The molecule has 0 saturated heterocycles. The van der Waals surface area contributed by atoms with Gasteiger partial charge in [0, 0.05) is 8.95 Å². The predicted molar refractivity (Wildman–Crippen MR) is 94.5 cm³/mol. The molecular weight excluding hydrogens is 416 g/mol. The zero-order valence-corrected chi connectivity index (χ0v) is 15.0. The second-order valence-electron chi connectivity index (χ2n) is 4.35. The minimum atomic E-state index is -0.0717. The van der Waals surface area contributed by atoms with Crippen LogP contribution >= 0.6 is 43.6 Å². The molecule has 1 heterocycles. The summed E-state index contributed by atoms with van der Waals surface area (Å²) in [5.74, 6) is 0. The van der Waals surface area contributed by atoms with Crippen molar-refractivity contribution >= 4 is 54.5 Å². The fourth-order valence-corrected chi connectivity index (χ4v) is 3.50. The monoisotopic (exact) mass is 424 g/mol. The van der Waals surface area contributed by atoms with Gasteiger partial charge in [0.15, 0.2) is 5.16 Å². The Hall–Kier alpha value is -1.11. The first kappa shape index (κ1) is 14.8. The summed E-state index contributed by atoms with van der Waals surface area (Å²) >= 11 is 8.36. The van der Waals surface area contributed by atoms with Crippen LogP contribution in [0.25, 0.3) is 16.6 Å². The zero-order valence-electron chi connectivity index (χ0n) is 11.0. The lowest BCUT2D eigenvalue weighted by molar-refractivity contribution is 0.818. The van der Waals surface area contributed by atoms with Crippen molar-refractivity contribution in [2.75, 3.05) is 6.26 Å². The highest BCUT2D eigenvalue weighted by Crippen LogP contribution is 2.25. The standard InChI is InChI=1S/C15H10Br2N2OS/c1-21-15-18-12-7-6-9(16)8-10(12)14(20)19(15)13-5-3-2-4-11(13)17/h2-8H,1H3. The number of hydrogen-bond donors (Lipinski definition) is 0. The van der Waals surface area contributed by atoms with Gasteiger partial charge in [0.25, 0.3) is 5.56 Å². The fourth-order valence-electron chi connectivity index (χ4n) is 2.12. The molecule has 106 valence electrons. The van der Waals surface area contributed by atoms with Gasteiger partial charge < -0.3 is 0 Å². The first-order chi connectivity index (χ1) is 10.1. The Bertz CT molecular complexity index is 892. The lowest BCUT2D eigenvalue weighted by atomic mass is 10.2. The number of rotatable bonds is 2. The molecule has 0 aliphatic rings. The Labute approximate surface area is 142 Å². The molecule has 0 saturated carbocycles. The Morgan fingerprint density at radius 1 is 1.14 bits per heavy atom. The topological polar surface area (TPSA) is 34.9 Å². The van der Waals surface area contributed by atoms with E-state index in [1.165, 1.54) is 11.8 Å². The van der Waals surface area contributed by atoms with Crippen LogP contribution in [0.5, 0.6) is 0 Å². The second-order valence-corrected chi connectivity index (χ2v) is 6.90. The number of halogens is 2. The molecule has 3 rings (SSSR count). The lowest BCUT2D eigenvalue weighted by Crippen LogP contribution is -2.22. The van der Waals surface area contributed by atoms with Crippen molar-refractivity contribution in [1.29, 1.82) is 0 Å². The van der Waals surface area contributed by atoms with E-state index in [1.54, 1.807) is 4.57 Å². The quantitative estimate of drug-likeness (QED) is 0.443. The summed E-state index contributed by atoms with van der Waals surface area (Å²) in [7, 11) is 0. The van der Waals surface area contributed by atoms with Gasteiger partial charge in [0.1, 0.15) is 0 Å². The van der Waals surface area contributed by atoms with E-state index in [2.05, 4.69) is 36.8 Å². The van der Waals surface area contributed by atoms with Gasteiger partial charge in [-0.25, -0.2) is 4.98 Å². The molecule has 0 N–H and O–H groups in total. The third kappa shape index (κ3) is 2.67. The summed E-state index contributed by atoms with van der Waals surface area (Å²) in [5.41, 5.74) is 1.43. The summed E-state index contributed by atoms with van der Waals surface area (Å²) in [6, 6.07) is 13.2. The largest absolute Gasteiger partial charge is 0.268 e. The van der Waals surface area contributed by atoms with Crippen molar-refractivity contribution in [3.8, 4) is 5.69 Å². The highest BCUT2D eigenvalue weighted by molar-refractivity contribution is 9.10. The molecule has 2 aromatic carbocycles. The summed E-state index contributed by atoms with van der Waals surface area (Å²) in [6.45, 7) is 0. The normalized spacial score (nSPS) is 11.0. The van der Waals surface area contributed by atoms with E-state index in [1.807, 2.05) is 48.7 Å². The van der Waals surface area contributed by atoms with E-state index in [9.17, 15) is 4.79 Å². The fraction of sp³-hybridized carbons (Fsp3) is 0.0667. The van der Waals surface area contributed by atoms with E-state index in [0.29, 0.717) is 16.1 Å². The maximum Gasteiger partial charge on any atom is 0.266 e. The zero-order chi connectivity index (χ0) is 15.0. The summed E-state index contributed by atoms with van der Waals surface area (Å²) in [6.07, 6.45) is 1.92. The van der Waals surface area contributed by atoms with Crippen molar-refractivity contribution in [2.24, 2.45) is 0 Å². The molecule has 0 atom stereocenters. The molecule has 21 heavy (non-hydrogen) atoms. The van der Waals surface area contributed by atoms with Crippen molar-refractivity contribution < 1.29 is 0 Å². The highest BCUT2D eigenvalue weighted by atomic mass is 79.9. The van der Waals surface area contributed by atoms with Crippen molar-refractivity contribution in [2.45, 2.75) is 5.16 Å². The average molecular weight is 426 g/mol. The van der Waals surface area contributed by atoms with Gasteiger partial charge in [-0.15, -0.1) is 0 Å². The number of fused-ring (bicyclic) bond motifs is 1. The van der Waals surface area contributed by atoms with Crippen LogP contribution in [-0.2, 0) is 0 Å². The number of thioether (sulfide) groups is 1. The SMILES string of the molecule is CSc1nc2ccc(Br)cc2c(=O)n1-c1ccccc1Br. The van der Waals surface area contributed by atoms with E-state index in [0.717, 1.165) is 14.6 Å². The van der Waals surface area contributed by atoms with Crippen LogP contribution in [0.1, 0.15) is 0 Å². The second kappa shape index (κ2) is 5.94. The summed E-state index contributed by atoms with van der Waals surface area (Å²) in [5, 5.41) is 1.26. The third-order valence-electron chi connectivity index (χ3n) is 3.08. The Balaban J connectivity index is 2.44. The Kier molecular flexibility index (Phi) is 4.19. The Morgan fingerprint density at radius 2 is 1.90 bits per heavy atom. The first-order valence-corrected chi connectivity index (χ1v) is 8.94. The molecule has 0 fully saturated rings. The van der Waals surface area contributed by atoms with Gasteiger partial charge in [-0.05, 0) is 52.5 Å². The van der Waals surface area contributed by atoms with E-state index >= 15 is 0 Å². The smallest absolute Gasteiger partial charge is 0.266 e. The van der Waals surface area contributed by atoms with Gasteiger partial charge in [-0.1, -0.05) is 39.8 Å². The van der Waals surface area contributed by atoms with Crippen molar-refractivity contribution in [3.05, 3.63) is 61.8 Å². The molecule has 6 heteroatoms. The predicted octanol–water partition coefficient (Wildman–Crippen LogP) is 4.63. The third-order valence-corrected chi connectivity index (χ3v) is 4.88. The minimum Gasteiger partial charge on any atom is -0.268 e. The van der Waals surface area contributed by atoms with Gasteiger partial charge in [0.2, 0.25) is 0 Å². The van der Waals surface area contributed by atoms with Gasteiger partial charge in [0.05, 0.1) is 16.6 Å². The van der Waals surface area contributed by atoms with Gasteiger partial charge in [-0.3, -0.25) is 9.36 Å². The molecule has 0 amide bonds. The number of aromatic nitrogens is 2. The molecule has 0 aliphatic carbocycles. The minimum absolute atomic E-state index is 0.0717. The van der Waals surface area contributed by atoms with Crippen LogP contribution in [0.3, 0.4) is 0 Å². The van der Waals surface area contributed by atoms with E-state index in [4.69, 9.17) is 0 Å². The lowest BCUT2D eigenvalue weighted by Gasteiger charge is -2.13. The van der Waals surface area contributed by atoms with E-state index < -0.39 is 0 Å². The first-order valence-electron chi connectivity index (χ1n) is 6.13. The number of benzene rings is 2. The summed E-state index contributed by atoms with van der Waals surface area (Å²) < 4.78 is 3.37. The maximum atomic E-state index is 12.9. The van der Waals surface area contributed by atoms with E-state index in [-0.39, 0.29) is 5.56 Å². The molecule has 0 radical (unpaired) electrons. The van der Waals surface area contributed by atoms with Crippen LogP contribution in [0, 0.1) is 0 Å². The number of nitrogens with zero attached hydrogens (tertiary/aromatic N) is 2.